The first kappa shape index (κ1) is 19.4. The van der Waals surface area contributed by atoms with E-state index in [9.17, 15) is 0 Å². The number of pyridine rings is 1. The number of ether oxygens (including phenoxy) is 1. The van der Waals surface area contributed by atoms with Crippen molar-refractivity contribution in [3.63, 3.8) is 0 Å². The van der Waals surface area contributed by atoms with Gasteiger partial charge in [-0.1, -0.05) is 18.2 Å². The molecule has 2 atom stereocenters. The maximum atomic E-state index is 5.76. The number of hydrogen-bond acceptors (Lipinski definition) is 4. The Bertz CT molecular complexity index is 1170. The lowest BCUT2D eigenvalue weighted by Gasteiger charge is -2.28. The number of nitrogens with one attached hydrogen (secondary N) is 1. The standard InChI is InChI=1S/C24H22N4O2S/c1-29-21-12-3-2-10-19(21)27-14-6-11-20(27)23-22(18-9-4-5-13-25-18)26-24(31)28(23)16-17-8-7-15-30-17/h2-15,22-23H,16H2,1H3,(H,26,31)/t22-,23+/m0/s1. The molecule has 6 nitrogen and oxygen atoms in total. The third-order valence-corrected chi connectivity index (χ3v) is 5.88. The van der Waals surface area contributed by atoms with Crippen LogP contribution in [0.2, 0.25) is 0 Å². The van der Waals surface area contributed by atoms with Crippen LogP contribution in [0.1, 0.15) is 29.2 Å². The minimum atomic E-state index is -0.105. The van der Waals surface area contributed by atoms with E-state index >= 15 is 0 Å². The molecular formula is C24H22N4O2S. The maximum absolute atomic E-state index is 5.76. The summed E-state index contributed by atoms with van der Waals surface area (Å²) in [7, 11) is 1.69. The number of para-hydroxylation sites is 2. The van der Waals surface area contributed by atoms with Crippen molar-refractivity contribution >= 4 is 17.3 Å². The number of aromatic nitrogens is 2. The first-order chi connectivity index (χ1) is 15.3. The van der Waals surface area contributed by atoms with Crippen LogP contribution in [-0.2, 0) is 6.54 Å². The van der Waals surface area contributed by atoms with Gasteiger partial charge in [0.2, 0.25) is 0 Å². The Hall–Kier alpha value is -3.58. The number of hydrogen-bond donors (Lipinski definition) is 1. The van der Waals surface area contributed by atoms with Gasteiger partial charge in [0.1, 0.15) is 11.5 Å². The molecule has 0 amide bonds. The van der Waals surface area contributed by atoms with Gasteiger partial charge in [0.05, 0.1) is 43.4 Å². The van der Waals surface area contributed by atoms with Crippen LogP contribution < -0.4 is 10.1 Å². The van der Waals surface area contributed by atoms with Crippen LogP contribution in [0.25, 0.3) is 5.69 Å². The van der Waals surface area contributed by atoms with Crippen LogP contribution in [0.3, 0.4) is 0 Å². The summed E-state index contributed by atoms with van der Waals surface area (Å²) in [6.07, 6.45) is 5.55. The number of thiocarbonyl (C=S) groups is 1. The molecule has 0 aliphatic carbocycles. The van der Waals surface area contributed by atoms with Crippen molar-refractivity contribution < 1.29 is 9.15 Å². The van der Waals surface area contributed by atoms with Crippen molar-refractivity contribution in [2.75, 3.05) is 7.11 Å². The molecule has 0 radical (unpaired) electrons. The van der Waals surface area contributed by atoms with Crippen LogP contribution in [0.5, 0.6) is 5.75 Å². The van der Waals surface area contributed by atoms with Crippen LogP contribution in [0, 0.1) is 0 Å². The smallest absolute Gasteiger partial charge is 0.170 e. The van der Waals surface area contributed by atoms with E-state index in [4.69, 9.17) is 21.4 Å². The molecule has 7 heteroatoms. The van der Waals surface area contributed by atoms with Crippen LogP contribution in [0.15, 0.2) is 89.8 Å². The van der Waals surface area contributed by atoms with Gasteiger partial charge >= 0.3 is 0 Å². The number of methoxy groups -OCH3 is 1. The molecule has 0 spiro atoms. The first-order valence-electron chi connectivity index (χ1n) is 10.1. The highest BCUT2D eigenvalue weighted by molar-refractivity contribution is 7.80. The maximum Gasteiger partial charge on any atom is 0.170 e. The normalized spacial score (nSPS) is 18.2. The van der Waals surface area contributed by atoms with Gasteiger partial charge in [0.25, 0.3) is 0 Å². The summed E-state index contributed by atoms with van der Waals surface area (Å²) in [5.41, 5.74) is 2.99. The second-order valence-electron chi connectivity index (χ2n) is 7.31. The Kier molecular flexibility index (Phi) is 5.18. The van der Waals surface area contributed by atoms with E-state index in [0.29, 0.717) is 11.7 Å². The minimum Gasteiger partial charge on any atom is -0.495 e. The van der Waals surface area contributed by atoms with Crippen LogP contribution in [0.4, 0.5) is 0 Å². The highest BCUT2D eigenvalue weighted by Gasteiger charge is 2.41. The van der Waals surface area contributed by atoms with Gasteiger partial charge in [-0.05, 0) is 60.7 Å². The molecule has 1 aromatic carbocycles. The molecule has 4 aromatic rings. The quantitative estimate of drug-likeness (QED) is 0.450. The van der Waals surface area contributed by atoms with E-state index in [2.05, 4.69) is 38.1 Å². The van der Waals surface area contributed by atoms with Crippen molar-refractivity contribution in [2.45, 2.75) is 18.6 Å². The molecule has 0 unspecified atom stereocenters. The van der Waals surface area contributed by atoms with E-state index in [0.717, 1.165) is 28.6 Å². The molecule has 0 saturated carbocycles. The molecule has 1 aliphatic rings. The van der Waals surface area contributed by atoms with Crippen molar-refractivity contribution in [3.05, 3.63) is 103 Å². The molecule has 5 rings (SSSR count). The number of rotatable bonds is 6. The summed E-state index contributed by atoms with van der Waals surface area (Å²) in [5.74, 6) is 1.66. The summed E-state index contributed by atoms with van der Waals surface area (Å²) < 4.78 is 13.4. The van der Waals surface area contributed by atoms with Crippen LogP contribution >= 0.6 is 12.2 Å². The first-order valence-corrected chi connectivity index (χ1v) is 10.5. The zero-order valence-electron chi connectivity index (χ0n) is 17.0. The molecule has 1 N–H and O–H groups in total. The Morgan fingerprint density at radius 3 is 2.71 bits per heavy atom. The molecule has 1 saturated heterocycles. The highest BCUT2D eigenvalue weighted by Crippen LogP contribution is 2.41. The van der Waals surface area contributed by atoms with E-state index < -0.39 is 0 Å². The molecule has 1 fully saturated rings. The average Bonchev–Trinajstić information content (AvgIpc) is 3.56. The largest absolute Gasteiger partial charge is 0.495 e. The number of furan rings is 1. The zero-order valence-corrected chi connectivity index (χ0v) is 17.8. The zero-order chi connectivity index (χ0) is 21.2. The van der Waals surface area contributed by atoms with Gasteiger partial charge in [-0.2, -0.15) is 0 Å². The van der Waals surface area contributed by atoms with E-state index in [1.807, 2.05) is 60.8 Å². The van der Waals surface area contributed by atoms with Gasteiger partial charge in [-0.3, -0.25) is 4.98 Å². The van der Waals surface area contributed by atoms with Gasteiger partial charge in [-0.15, -0.1) is 0 Å². The van der Waals surface area contributed by atoms with Crippen molar-refractivity contribution in [2.24, 2.45) is 0 Å². The summed E-state index contributed by atoms with van der Waals surface area (Å²) >= 11 is 5.76. The van der Waals surface area contributed by atoms with Gasteiger partial charge in [-0.25, -0.2) is 0 Å². The Morgan fingerprint density at radius 2 is 1.94 bits per heavy atom. The predicted molar refractivity (Wildman–Crippen MR) is 122 cm³/mol. The molecule has 31 heavy (non-hydrogen) atoms. The summed E-state index contributed by atoms with van der Waals surface area (Å²) in [6, 6.07) is 21.8. The summed E-state index contributed by atoms with van der Waals surface area (Å²) in [6.45, 7) is 0.559. The molecule has 1 aliphatic heterocycles. The average molecular weight is 431 g/mol. The SMILES string of the molecule is COc1ccccc1-n1cccc1[C@@H]1[C@H](c2ccccn2)NC(=S)N1Cc1ccco1. The van der Waals surface area contributed by atoms with Crippen LogP contribution in [-0.4, -0.2) is 26.7 Å². The number of nitrogens with zero attached hydrogens (tertiary/aromatic N) is 3. The fourth-order valence-corrected chi connectivity index (χ4v) is 4.46. The van der Waals surface area contributed by atoms with Crippen molar-refractivity contribution in [1.29, 1.82) is 0 Å². The molecular weight excluding hydrogens is 408 g/mol. The third-order valence-electron chi connectivity index (χ3n) is 5.53. The van der Waals surface area contributed by atoms with Gasteiger partial charge < -0.3 is 23.9 Å². The monoisotopic (exact) mass is 430 g/mol. The Labute approximate surface area is 186 Å². The van der Waals surface area contributed by atoms with Crippen molar-refractivity contribution in [1.82, 2.24) is 19.8 Å². The lowest BCUT2D eigenvalue weighted by molar-refractivity contribution is 0.280. The van der Waals surface area contributed by atoms with E-state index in [1.165, 1.54) is 0 Å². The predicted octanol–water partition coefficient (Wildman–Crippen LogP) is 4.65. The fraction of sp³-hybridized carbons (Fsp3) is 0.167. The van der Waals surface area contributed by atoms with Crippen molar-refractivity contribution in [3.8, 4) is 11.4 Å². The Balaban J connectivity index is 1.62. The lowest BCUT2D eigenvalue weighted by atomic mass is 10.0. The van der Waals surface area contributed by atoms with Gasteiger partial charge in [0.15, 0.2) is 5.11 Å². The second kappa shape index (κ2) is 8.28. The van der Waals surface area contributed by atoms with Gasteiger partial charge in [0, 0.05) is 18.1 Å². The minimum absolute atomic E-state index is 0.0904. The Morgan fingerprint density at radius 1 is 1.06 bits per heavy atom. The molecule has 0 bridgehead atoms. The third kappa shape index (κ3) is 3.57. The summed E-state index contributed by atoms with van der Waals surface area (Å²) in [4.78, 5) is 6.78. The lowest BCUT2D eigenvalue weighted by Crippen LogP contribution is -2.29. The molecule has 3 aromatic heterocycles. The fourth-order valence-electron chi connectivity index (χ4n) is 4.15. The summed E-state index contributed by atoms with van der Waals surface area (Å²) in [5, 5.41) is 4.16. The highest BCUT2D eigenvalue weighted by atomic mass is 32.1. The molecule has 156 valence electrons. The van der Waals surface area contributed by atoms with E-state index in [1.54, 1.807) is 13.4 Å². The molecule has 4 heterocycles. The second-order valence-corrected chi connectivity index (χ2v) is 7.70. The van der Waals surface area contributed by atoms with E-state index in [-0.39, 0.29) is 12.1 Å². The topological polar surface area (TPSA) is 55.5 Å². The number of benzene rings is 1.